The molecule has 1 heterocycles. The van der Waals surface area contributed by atoms with Crippen LogP contribution in [0.3, 0.4) is 0 Å². The average molecular weight is 237 g/mol. The maximum absolute atomic E-state index is 8.76. The third-order valence-corrected chi connectivity index (χ3v) is 2.92. The van der Waals surface area contributed by atoms with Crippen LogP contribution in [0.15, 0.2) is 42.6 Å². The Morgan fingerprint density at radius 2 is 1.94 bits per heavy atom. The quantitative estimate of drug-likeness (QED) is 0.889. The minimum atomic E-state index is 0.181. The summed E-state index contributed by atoms with van der Waals surface area (Å²) in [7, 11) is 0. The number of nitrogens with one attached hydrogen (secondary N) is 1. The van der Waals surface area contributed by atoms with Crippen LogP contribution in [0, 0.1) is 18.3 Å². The maximum Gasteiger partial charge on any atom is 0.0991 e. The highest BCUT2D eigenvalue weighted by atomic mass is 14.9. The Morgan fingerprint density at radius 3 is 2.56 bits per heavy atom. The van der Waals surface area contributed by atoms with E-state index in [0.717, 1.165) is 16.9 Å². The second-order valence-corrected chi connectivity index (χ2v) is 4.24. The highest BCUT2D eigenvalue weighted by Crippen LogP contribution is 2.20. The van der Waals surface area contributed by atoms with Crippen LogP contribution < -0.4 is 5.32 Å². The van der Waals surface area contributed by atoms with Crippen LogP contribution >= 0.6 is 0 Å². The Morgan fingerprint density at radius 1 is 1.22 bits per heavy atom. The number of rotatable bonds is 3. The van der Waals surface area contributed by atoms with Crippen LogP contribution in [0.5, 0.6) is 0 Å². The molecule has 1 aromatic heterocycles. The lowest BCUT2D eigenvalue weighted by atomic mass is 10.1. The zero-order valence-corrected chi connectivity index (χ0v) is 10.5. The fourth-order valence-corrected chi connectivity index (χ4v) is 1.80. The summed E-state index contributed by atoms with van der Waals surface area (Å²) in [6.45, 7) is 4.07. The lowest BCUT2D eigenvalue weighted by Gasteiger charge is -2.16. The summed E-state index contributed by atoms with van der Waals surface area (Å²) in [5, 5.41) is 12.2. The van der Waals surface area contributed by atoms with Crippen LogP contribution in [0.25, 0.3) is 0 Å². The molecule has 0 bridgehead atoms. The van der Waals surface area contributed by atoms with Crippen LogP contribution in [0.1, 0.15) is 29.8 Å². The first-order valence-electron chi connectivity index (χ1n) is 5.89. The van der Waals surface area contributed by atoms with Crippen LogP contribution in [-0.4, -0.2) is 4.98 Å². The third-order valence-electron chi connectivity index (χ3n) is 2.92. The Hall–Kier alpha value is -2.34. The van der Waals surface area contributed by atoms with Gasteiger partial charge in [0.15, 0.2) is 0 Å². The zero-order valence-electron chi connectivity index (χ0n) is 10.5. The topological polar surface area (TPSA) is 48.7 Å². The number of nitriles is 1. The highest BCUT2D eigenvalue weighted by molar-refractivity contribution is 5.49. The van der Waals surface area contributed by atoms with Gasteiger partial charge in [0.2, 0.25) is 0 Å². The maximum atomic E-state index is 8.76. The van der Waals surface area contributed by atoms with Crippen LogP contribution in [-0.2, 0) is 0 Å². The normalized spacial score (nSPS) is 11.6. The molecule has 0 aliphatic carbocycles. The van der Waals surface area contributed by atoms with E-state index in [1.807, 2.05) is 43.3 Å². The van der Waals surface area contributed by atoms with Crippen molar-refractivity contribution in [1.82, 2.24) is 4.98 Å². The number of pyridine rings is 1. The molecule has 0 spiro atoms. The molecule has 1 N–H and O–H groups in total. The van der Waals surface area contributed by atoms with Gasteiger partial charge in [-0.25, -0.2) is 0 Å². The van der Waals surface area contributed by atoms with E-state index in [2.05, 4.69) is 23.3 Å². The summed E-state index contributed by atoms with van der Waals surface area (Å²) in [4.78, 5) is 4.25. The number of aromatic nitrogens is 1. The molecule has 3 heteroatoms. The molecule has 0 amide bonds. The summed E-state index contributed by atoms with van der Waals surface area (Å²) in [6.07, 6.45) is 1.78. The Kier molecular flexibility index (Phi) is 3.59. The van der Waals surface area contributed by atoms with Gasteiger partial charge in [-0.2, -0.15) is 5.26 Å². The molecule has 18 heavy (non-hydrogen) atoms. The van der Waals surface area contributed by atoms with Crippen molar-refractivity contribution in [3.05, 3.63) is 59.4 Å². The van der Waals surface area contributed by atoms with Crippen LogP contribution in [0.2, 0.25) is 0 Å². The predicted octanol–water partition coefficient (Wildman–Crippen LogP) is 3.43. The smallest absolute Gasteiger partial charge is 0.0991 e. The second-order valence-electron chi connectivity index (χ2n) is 4.24. The molecule has 1 aromatic carbocycles. The van der Waals surface area contributed by atoms with Gasteiger partial charge in [0, 0.05) is 12.2 Å². The number of hydrogen-bond donors (Lipinski definition) is 1. The molecule has 1 unspecified atom stereocenters. The summed E-state index contributed by atoms with van der Waals surface area (Å²) in [6, 6.07) is 13.9. The minimum Gasteiger partial charge on any atom is -0.377 e. The molecule has 0 aliphatic rings. The summed E-state index contributed by atoms with van der Waals surface area (Å²) < 4.78 is 0. The Labute approximate surface area is 107 Å². The zero-order chi connectivity index (χ0) is 13.0. The number of benzene rings is 1. The van der Waals surface area contributed by atoms with Crippen molar-refractivity contribution in [1.29, 1.82) is 5.26 Å². The average Bonchev–Trinajstić information content (AvgIpc) is 2.41. The van der Waals surface area contributed by atoms with E-state index in [1.165, 1.54) is 0 Å². The number of nitrogens with zero attached hydrogens (tertiary/aromatic N) is 2. The van der Waals surface area contributed by atoms with Gasteiger partial charge in [0.05, 0.1) is 23.0 Å². The van der Waals surface area contributed by atoms with Gasteiger partial charge in [-0.3, -0.25) is 4.98 Å². The number of anilines is 1. The van der Waals surface area contributed by atoms with E-state index < -0.39 is 0 Å². The van der Waals surface area contributed by atoms with Gasteiger partial charge in [0.1, 0.15) is 0 Å². The SMILES string of the molecule is Cc1ncccc1NC(C)c1ccc(C#N)cc1. The van der Waals surface area contributed by atoms with Crippen molar-refractivity contribution in [2.24, 2.45) is 0 Å². The van der Waals surface area contributed by atoms with Crippen molar-refractivity contribution in [3.63, 3.8) is 0 Å². The van der Waals surface area contributed by atoms with Crippen molar-refractivity contribution < 1.29 is 0 Å². The van der Waals surface area contributed by atoms with Crippen molar-refractivity contribution in [2.75, 3.05) is 5.32 Å². The van der Waals surface area contributed by atoms with E-state index in [0.29, 0.717) is 5.56 Å². The standard InChI is InChI=1S/C15H15N3/c1-11(14-7-5-13(10-16)6-8-14)18-15-4-3-9-17-12(15)2/h3-9,11,18H,1-2H3. The molecule has 0 aliphatic heterocycles. The van der Waals surface area contributed by atoms with Gasteiger partial charge < -0.3 is 5.32 Å². The molecule has 0 saturated heterocycles. The van der Waals surface area contributed by atoms with E-state index in [-0.39, 0.29) is 6.04 Å². The van der Waals surface area contributed by atoms with E-state index in [4.69, 9.17) is 5.26 Å². The second kappa shape index (κ2) is 5.33. The molecule has 2 rings (SSSR count). The fraction of sp³-hybridized carbons (Fsp3) is 0.200. The summed E-state index contributed by atoms with van der Waals surface area (Å²) in [5.74, 6) is 0. The number of hydrogen-bond acceptors (Lipinski definition) is 3. The van der Waals surface area contributed by atoms with E-state index >= 15 is 0 Å². The first kappa shape index (κ1) is 12.1. The molecular formula is C15H15N3. The molecule has 0 fully saturated rings. The van der Waals surface area contributed by atoms with Crippen LogP contribution in [0.4, 0.5) is 5.69 Å². The van der Waals surface area contributed by atoms with E-state index in [9.17, 15) is 0 Å². The van der Waals surface area contributed by atoms with Gasteiger partial charge >= 0.3 is 0 Å². The first-order valence-corrected chi connectivity index (χ1v) is 5.89. The molecule has 1 atom stereocenters. The summed E-state index contributed by atoms with van der Waals surface area (Å²) >= 11 is 0. The monoisotopic (exact) mass is 237 g/mol. The van der Waals surface area contributed by atoms with Crippen molar-refractivity contribution in [3.8, 4) is 6.07 Å². The Balaban J connectivity index is 2.15. The lowest BCUT2D eigenvalue weighted by molar-refractivity contribution is 0.879. The van der Waals surface area contributed by atoms with Gasteiger partial charge in [0.25, 0.3) is 0 Å². The predicted molar refractivity (Wildman–Crippen MR) is 72.2 cm³/mol. The van der Waals surface area contributed by atoms with Gasteiger partial charge in [-0.15, -0.1) is 0 Å². The molecule has 3 nitrogen and oxygen atoms in total. The molecular weight excluding hydrogens is 222 g/mol. The number of aryl methyl sites for hydroxylation is 1. The first-order chi connectivity index (χ1) is 8.70. The minimum absolute atomic E-state index is 0.181. The summed E-state index contributed by atoms with van der Waals surface area (Å²) in [5.41, 5.74) is 3.85. The Bertz CT molecular complexity index is 567. The fourth-order valence-electron chi connectivity index (χ4n) is 1.80. The molecule has 2 aromatic rings. The van der Waals surface area contributed by atoms with Gasteiger partial charge in [-0.1, -0.05) is 12.1 Å². The van der Waals surface area contributed by atoms with Crippen molar-refractivity contribution >= 4 is 5.69 Å². The highest BCUT2D eigenvalue weighted by Gasteiger charge is 2.06. The largest absolute Gasteiger partial charge is 0.377 e. The molecule has 0 radical (unpaired) electrons. The molecule has 90 valence electrons. The van der Waals surface area contributed by atoms with Gasteiger partial charge in [-0.05, 0) is 43.7 Å². The third kappa shape index (κ3) is 2.67. The lowest BCUT2D eigenvalue weighted by Crippen LogP contribution is -2.08. The van der Waals surface area contributed by atoms with Crippen molar-refractivity contribution in [2.45, 2.75) is 19.9 Å². The van der Waals surface area contributed by atoms with E-state index in [1.54, 1.807) is 6.20 Å². The molecule has 0 saturated carbocycles.